The van der Waals surface area contributed by atoms with Gasteiger partial charge < -0.3 is 10.5 Å². The van der Waals surface area contributed by atoms with Crippen molar-refractivity contribution in [1.29, 1.82) is 0 Å². The summed E-state index contributed by atoms with van der Waals surface area (Å²) >= 11 is 0. The SMILES string of the molecule is CCN(CC(=O)OC)C1CCCCCC1CN. The van der Waals surface area contributed by atoms with Crippen LogP contribution in [0.25, 0.3) is 0 Å². The molecule has 4 heteroatoms. The highest BCUT2D eigenvalue weighted by Crippen LogP contribution is 2.26. The molecular formula is C13H26N2O2. The van der Waals surface area contributed by atoms with E-state index in [1.807, 2.05) is 0 Å². The van der Waals surface area contributed by atoms with Gasteiger partial charge in [-0.05, 0) is 31.8 Å². The minimum absolute atomic E-state index is 0.146. The summed E-state index contributed by atoms with van der Waals surface area (Å²) in [6.07, 6.45) is 6.17. The topological polar surface area (TPSA) is 55.6 Å². The quantitative estimate of drug-likeness (QED) is 0.584. The molecule has 100 valence electrons. The van der Waals surface area contributed by atoms with Gasteiger partial charge in [-0.25, -0.2) is 0 Å². The van der Waals surface area contributed by atoms with Gasteiger partial charge in [0.1, 0.15) is 0 Å². The van der Waals surface area contributed by atoms with Gasteiger partial charge in [-0.2, -0.15) is 0 Å². The number of hydrogen-bond donors (Lipinski definition) is 1. The van der Waals surface area contributed by atoms with E-state index in [4.69, 9.17) is 10.5 Å². The molecule has 0 spiro atoms. The molecule has 0 aromatic heterocycles. The van der Waals surface area contributed by atoms with Crippen LogP contribution in [0.5, 0.6) is 0 Å². The van der Waals surface area contributed by atoms with Gasteiger partial charge in [-0.15, -0.1) is 0 Å². The first kappa shape index (κ1) is 14.5. The molecule has 1 aliphatic rings. The van der Waals surface area contributed by atoms with Gasteiger partial charge in [0.25, 0.3) is 0 Å². The Morgan fingerprint density at radius 2 is 2.06 bits per heavy atom. The number of esters is 1. The first-order valence-electron chi connectivity index (χ1n) is 6.73. The zero-order valence-electron chi connectivity index (χ0n) is 11.2. The van der Waals surface area contributed by atoms with Crippen LogP contribution in [-0.2, 0) is 9.53 Å². The smallest absolute Gasteiger partial charge is 0.319 e. The fourth-order valence-corrected chi connectivity index (χ4v) is 2.81. The molecule has 1 aliphatic carbocycles. The van der Waals surface area contributed by atoms with Crippen LogP contribution in [0.15, 0.2) is 0 Å². The average Bonchev–Trinajstić information content (AvgIpc) is 2.60. The molecule has 2 N–H and O–H groups in total. The lowest BCUT2D eigenvalue weighted by Gasteiger charge is -2.34. The molecule has 0 aromatic rings. The van der Waals surface area contributed by atoms with Crippen molar-refractivity contribution in [3.05, 3.63) is 0 Å². The number of methoxy groups -OCH3 is 1. The van der Waals surface area contributed by atoms with Crippen molar-refractivity contribution in [2.24, 2.45) is 11.7 Å². The number of rotatable bonds is 5. The molecule has 1 fully saturated rings. The summed E-state index contributed by atoms with van der Waals surface area (Å²) in [5, 5.41) is 0. The van der Waals surface area contributed by atoms with Crippen molar-refractivity contribution in [3.8, 4) is 0 Å². The van der Waals surface area contributed by atoms with E-state index in [1.54, 1.807) is 0 Å². The lowest BCUT2D eigenvalue weighted by molar-refractivity contribution is -0.142. The molecule has 0 aromatic carbocycles. The highest BCUT2D eigenvalue weighted by Gasteiger charge is 2.28. The molecule has 0 bridgehead atoms. The van der Waals surface area contributed by atoms with Crippen molar-refractivity contribution >= 4 is 5.97 Å². The summed E-state index contributed by atoms with van der Waals surface area (Å²) in [5.41, 5.74) is 5.88. The van der Waals surface area contributed by atoms with E-state index < -0.39 is 0 Å². The van der Waals surface area contributed by atoms with E-state index in [1.165, 1.54) is 32.8 Å². The largest absolute Gasteiger partial charge is 0.468 e. The molecule has 2 atom stereocenters. The van der Waals surface area contributed by atoms with E-state index in [0.29, 0.717) is 18.5 Å². The second-order valence-electron chi connectivity index (χ2n) is 4.84. The average molecular weight is 242 g/mol. The molecule has 17 heavy (non-hydrogen) atoms. The summed E-state index contributed by atoms with van der Waals surface area (Å²) in [5.74, 6) is 0.383. The molecular weight excluding hydrogens is 216 g/mol. The lowest BCUT2D eigenvalue weighted by atomic mass is 9.93. The zero-order chi connectivity index (χ0) is 12.7. The number of carbonyl (C=O) groups excluding carboxylic acids is 1. The summed E-state index contributed by atoms with van der Waals surface area (Å²) in [6.45, 7) is 4.11. The molecule has 4 nitrogen and oxygen atoms in total. The van der Waals surface area contributed by atoms with Gasteiger partial charge >= 0.3 is 5.97 Å². The van der Waals surface area contributed by atoms with Crippen molar-refractivity contribution < 1.29 is 9.53 Å². The molecule has 1 rings (SSSR count). The van der Waals surface area contributed by atoms with E-state index in [2.05, 4.69) is 11.8 Å². The van der Waals surface area contributed by atoms with E-state index in [9.17, 15) is 4.79 Å². The van der Waals surface area contributed by atoms with Gasteiger partial charge in [0.05, 0.1) is 13.7 Å². The van der Waals surface area contributed by atoms with Gasteiger partial charge in [-0.3, -0.25) is 9.69 Å². The molecule has 2 unspecified atom stereocenters. The van der Waals surface area contributed by atoms with Crippen LogP contribution in [0.2, 0.25) is 0 Å². The van der Waals surface area contributed by atoms with Crippen molar-refractivity contribution in [2.75, 3.05) is 26.7 Å². The Kier molecular flexibility index (Phi) is 6.52. The predicted molar refractivity (Wildman–Crippen MR) is 68.7 cm³/mol. The summed E-state index contributed by atoms with van der Waals surface area (Å²) < 4.78 is 4.76. The normalized spacial score (nSPS) is 25.6. The van der Waals surface area contributed by atoms with Gasteiger partial charge in [0.2, 0.25) is 0 Å². The van der Waals surface area contributed by atoms with Gasteiger partial charge in [0.15, 0.2) is 0 Å². The summed E-state index contributed by atoms with van der Waals surface area (Å²) in [4.78, 5) is 13.6. The van der Waals surface area contributed by atoms with Gasteiger partial charge in [0, 0.05) is 6.04 Å². The Labute approximate surface area is 104 Å². The number of nitrogens with two attached hydrogens (primary N) is 1. The number of hydrogen-bond acceptors (Lipinski definition) is 4. The van der Waals surface area contributed by atoms with Crippen molar-refractivity contribution in [2.45, 2.75) is 45.1 Å². The van der Waals surface area contributed by atoms with E-state index in [0.717, 1.165) is 19.5 Å². The molecule has 0 radical (unpaired) electrons. The summed E-state index contributed by atoms with van der Waals surface area (Å²) in [6, 6.07) is 0.451. The highest BCUT2D eigenvalue weighted by atomic mass is 16.5. The third-order valence-electron chi connectivity index (χ3n) is 3.86. The second kappa shape index (κ2) is 7.67. The van der Waals surface area contributed by atoms with E-state index >= 15 is 0 Å². The van der Waals surface area contributed by atoms with Crippen LogP contribution >= 0.6 is 0 Å². The second-order valence-corrected chi connectivity index (χ2v) is 4.84. The Hall–Kier alpha value is -0.610. The molecule has 0 heterocycles. The Morgan fingerprint density at radius 3 is 2.65 bits per heavy atom. The standard InChI is InChI=1S/C13H26N2O2/c1-3-15(10-13(16)17-2)12-8-6-4-5-7-11(12)9-14/h11-12H,3-10,14H2,1-2H3. The van der Waals surface area contributed by atoms with Crippen LogP contribution in [0, 0.1) is 5.92 Å². The first-order valence-corrected chi connectivity index (χ1v) is 6.73. The summed E-state index contributed by atoms with van der Waals surface area (Å²) in [7, 11) is 1.45. The minimum atomic E-state index is -0.146. The number of ether oxygens (including phenoxy) is 1. The molecule has 0 amide bonds. The predicted octanol–water partition coefficient (Wildman–Crippen LogP) is 1.39. The third kappa shape index (κ3) is 4.28. The monoisotopic (exact) mass is 242 g/mol. The van der Waals surface area contributed by atoms with Gasteiger partial charge in [-0.1, -0.05) is 26.2 Å². The fourth-order valence-electron chi connectivity index (χ4n) is 2.81. The van der Waals surface area contributed by atoms with Crippen LogP contribution in [0.4, 0.5) is 0 Å². The maximum Gasteiger partial charge on any atom is 0.319 e. The Bertz CT molecular complexity index is 233. The number of carbonyl (C=O) groups is 1. The molecule has 0 saturated heterocycles. The fraction of sp³-hybridized carbons (Fsp3) is 0.923. The Morgan fingerprint density at radius 1 is 1.35 bits per heavy atom. The maximum atomic E-state index is 11.4. The minimum Gasteiger partial charge on any atom is -0.468 e. The molecule has 1 saturated carbocycles. The lowest BCUT2D eigenvalue weighted by Crippen LogP contribution is -2.45. The Balaban J connectivity index is 2.65. The first-order chi connectivity index (χ1) is 8.22. The maximum absolute atomic E-state index is 11.4. The van der Waals surface area contributed by atoms with Crippen molar-refractivity contribution in [1.82, 2.24) is 4.90 Å². The van der Waals surface area contributed by atoms with E-state index in [-0.39, 0.29) is 5.97 Å². The highest BCUT2D eigenvalue weighted by molar-refractivity contribution is 5.71. The van der Waals surface area contributed by atoms with Crippen LogP contribution in [0.3, 0.4) is 0 Å². The van der Waals surface area contributed by atoms with Crippen LogP contribution in [-0.4, -0.2) is 43.7 Å². The zero-order valence-corrected chi connectivity index (χ0v) is 11.2. The third-order valence-corrected chi connectivity index (χ3v) is 3.86. The number of nitrogens with zero attached hydrogens (tertiary/aromatic N) is 1. The molecule has 0 aliphatic heterocycles. The van der Waals surface area contributed by atoms with Crippen LogP contribution in [0.1, 0.15) is 39.0 Å². The van der Waals surface area contributed by atoms with Crippen LogP contribution < -0.4 is 5.73 Å². The van der Waals surface area contributed by atoms with Crippen molar-refractivity contribution in [3.63, 3.8) is 0 Å². The number of likely N-dealkylation sites (N-methyl/N-ethyl adjacent to an activating group) is 1.